The van der Waals surface area contributed by atoms with Gasteiger partial charge in [-0.15, -0.1) is 13.2 Å². The maximum absolute atomic E-state index is 14.3. The maximum atomic E-state index is 14.3. The molecule has 4 rings (SSSR count). The highest BCUT2D eigenvalue weighted by Gasteiger charge is 2.42. The molecule has 0 atom stereocenters. The summed E-state index contributed by atoms with van der Waals surface area (Å²) in [6, 6.07) is 12.9. The van der Waals surface area contributed by atoms with Crippen LogP contribution in [0.1, 0.15) is 40.2 Å². The standard InChI is InChI=1S/C25H22F6N2O2/c1-15-20(17-8-12-19(13-9-17)35-25(29,30)31)21(23(34)32(2)18-10-11-18)33(22(15)24(26,27)28)14-16-6-4-3-5-7-16/h3-9,12-13,18H,10-11,14H2,1-2H3. The summed E-state index contributed by atoms with van der Waals surface area (Å²) < 4.78 is 85.5. The third-order valence-corrected chi connectivity index (χ3v) is 5.95. The van der Waals surface area contributed by atoms with Crippen molar-refractivity contribution in [3.8, 4) is 16.9 Å². The predicted octanol–water partition coefficient (Wildman–Crippen LogP) is 6.66. The maximum Gasteiger partial charge on any atom is 0.573 e. The topological polar surface area (TPSA) is 34.5 Å². The van der Waals surface area contributed by atoms with E-state index in [0.29, 0.717) is 5.56 Å². The van der Waals surface area contributed by atoms with Gasteiger partial charge >= 0.3 is 12.5 Å². The number of aromatic nitrogens is 1. The van der Waals surface area contributed by atoms with Crippen LogP contribution >= 0.6 is 0 Å². The van der Waals surface area contributed by atoms with Crippen LogP contribution in [0.3, 0.4) is 0 Å². The van der Waals surface area contributed by atoms with Crippen LogP contribution in [0.5, 0.6) is 5.75 Å². The number of amides is 1. The third-order valence-electron chi connectivity index (χ3n) is 5.95. The zero-order valence-corrected chi connectivity index (χ0v) is 18.9. The molecule has 1 fully saturated rings. The SMILES string of the molecule is Cc1c(-c2ccc(OC(F)(F)F)cc2)c(C(=O)N(C)C2CC2)n(Cc2ccccc2)c1C(F)(F)F. The van der Waals surface area contributed by atoms with Crippen molar-refractivity contribution in [3.05, 3.63) is 77.1 Å². The molecule has 0 spiro atoms. The predicted molar refractivity (Wildman–Crippen MR) is 117 cm³/mol. The molecule has 35 heavy (non-hydrogen) atoms. The Balaban J connectivity index is 1.91. The first-order valence-corrected chi connectivity index (χ1v) is 10.8. The molecule has 0 N–H and O–H groups in total. The Morgan fingerprint density at radius 1 is 1.00 bits per heavy atom. The van der Waals surface area contributed by atoms with Gasteiger partial charge in [0.15, 0.2) is 0 Å². The van der Waals surface area contributed by atoms with Crippen molar-refractivity contribution in [3.63, 3.8) is 0 Å². The van der Waals surface area contributed by atoms with Gasteiger partial charge in [0, 0.05) is 25.2 Å². The molecule has 0 radical (unpaired) electrons. The second kappa shape index (κ2) is 8.98. The van der Waals surface area contributed by atoms with Gasteiger partial charge in [0.1, 0.15) is 17.1 Å². The Kier molecular flexibility index (Phi) is 6.33. The average molecular weight is 496 g/mol. The summed E-state index contributed by atoms with van der Waals surface area (Å²) in [7, 11) is 1.55. The zero-order chi connectivity index (χ0) is 25.5. The Morgan fingerprint density at radius 3 is 2.11 bits per heavy atom. The van der Waals surface area contributed by atoms with E-state index in [4.69, 9.17) is 0 Å². The molecule has 1 aromatic heterocycles. The highest BCUT2D eigenvalue weighted by molar-refractivity contribution is 6.01. The summed E-state index contributed by atoms with van der Waals surface area (Å²) in [5.41, 5.74) is -0.523. The largest absolute Gasteiger partial charge is 0.573 e. The van der Waals surface area contributed by atoms with E-state index < -0.39 is 29.9 Å². The molecule has 4 nitrogen and oxygen atoms in total. The molecular formula is C25H22F6N2O2. The monoisotopic (exact) mass is 496 g/mol. The summed E-state index contributed by atoms with van der Waals surface area (Å²) in [6.07, 6.45) is -8.17. The van der Waals surface area contributed by atoms with Crippen molar-refractivity contribution in [1.82, 2.24) is 9.47 Å². The van der Waals surface area contributed by atoms with Gasteiger partial charge in [0.05, 0.1) is 0 Å². The average Bonchev–Trinajstić information content (AvgIpc) is 3.57. The van der Waals surface area contributed by atoms with Gasteiger partial charge in [-0.1, -0.05) is 42.5 Å². The van der Waals surface area contributed by atoms with Crippen molar-refractivity contribution in [2.24, 2.45) is 0 Å². The number of carbonyl (C=O) groups excluding carboxylic acids is 1. The van der Waals surface area contributed by atoms with E-state index in [0.717, 1.165) is 29.5 Å². The summed E-state index contributed by atoms with van der Waals surface area (Å²) in [6.45, 7) is 1.07. The molecule has 1 aliphatic carbocycles. The second-order valence-electron chi connectivity index (χ2n) is 8.49. The number of hydrogen-bond acceptors (Lipinski definition) is 2. The van der Waals surface area contributed by atoms with E-state index in [9.17, 15) is 31.1 Å². The molecule has 3 aromatic rings. The van der Waals surface area contributed by atoms with Gasteiger partial charge in [-0.05, 0) is 48.6 Å². The van der Waals surface area contributed by atoms with Crippen molar-refractivity contribution < 1.29 is 35.9 Å². The van der Waals surface area contributed by atoms with Gasteiger partial charge in [0.2, 0.25) is 0 Å². The number of alkyl halides is 6. The number of rotatable bonds is 6. The van der Waals surface area contributed by atoms with E-state index >= 15 is 0 Å². The number of benzene rings is 2. The van der Waals surface area contributed by atoms with E-state index in [-0.39, 0.29) is 35.0 Å². The molecular weight excluding hydrogens is 474 g/mol. The molecule has 1 saturated carbocycles. The highest BCUT2D eigenvalue weighted by Crippen LogP contribution is 2.43. The Morgan fingerprint density at radius 2 is 1.60 bits per heavy atom. The highest BCUT2D eigenvalue weighted by atomic mass is 19.4. The molecule has 1 heterocycles. The lowest BCUT2D eigenvalue weighted by Gasteiger charge is -2.21. The minimum atomic E-state index is -4.91. The smallest absolute Gasteiger partial charge is 0.406 e. The van der Waals surface area contributed by atoms with E-state index in [1.165, 1.54) is 24.0 Å². The van der Waals surface area contributed by atoms with Crippen LogP contribution < -0.4 is 4.74 Å². The molecule has 10 heteroatoms. The lowest BCUT2D eigenvalue weighted by Crippen LogP contribution is -2.32. The first-order valence-electron chi connectivity index (χ1n) is 10.8. The van der Waals surface area contributed by atoms with Crippen LogP contribution in [0, 0.1) is 6.92 Å². The van der Waals surface area contributed by atoms with Crippen molar-refractivity contribution in [2.75, 3.05) is 7.05 Å². The molecule has 0 saturated heterocycles. The number of carbonyl (C=O) groups is 1. The molecule has 0 bridgehead atoms. The van der Waals surface area contributed by atoms with Gasteiger partial charge in [-0.25, -0.2) is 0 Å². The third kappa shape index (κ3) is 5.31. The lowest BCUT2D eigenvalue weighted by molar-refractivity contribution is -0.274. The normalized spacial score (nSPS) is 14.2. The first kappa shape index (κ1) is 24.7. The van der Waals surface area contributed by atoms with Gasteiger partial charge in [-0.2, -0.15) is 13.2 Å². The lowest BCUT2D eigenvalue weighted by atomic mass is 10.00. The fourth-order valence-corrected chi connectivity index (χ4v) is 4.23. The fraction of sp³-hybridized carbons (Fsp3) is 0.320. The van der Waals surface area contributed by atoms with Crippen molar-refractivity contribution in [1.29, 1.82) is 0 Å². The minimum Gasteiger partial charge on any atom is -0.406 e. The zero-order valence-electron chi connectivity index (χ0n) is 18.9. The van der Waals surface area contributed by atoms with E-state index in [2.05, 4.69) is 4.74 Å². The summed E-state index contributed by atoms with van der Waals surface area (Å²) >= 11 is 0. The molecule has 2 aromatic carbocycles. The Bertz CT molecular complexity index is 1210. The van der Waals surface area contributed by atoms with E-state index in [1.807, 2.05) is 0 Å². The van der Waals surface area contributed by atoms with Crippen LogP contribution in [-0.4, -0.2) is 34.8 Å². The van der Waals surface area contributed by atoms with Gasteiger partial charge in [-0.3, -0.25) is 4.79 Å². The number of ether oxygens (including phenoxy) is 1. The van der Waals surface area contributed by atoms with Crippen molar-refractivity contribution >= 4 is 5.91 Å². The van der Waals surface area contributed by atoms with Crippen LogP contribution in [0.4, 0.5) is 26.3 Å². The number of hydrogen-bond donors (Lipinski definition) is 0. The molecule has 186 valence electrons. The van der Waals surface area contributed by atoms with Gasteiger partial charge < -0.3 is 14.2 Å². The molecule has 0 unspecified atom stereocenters. The number of halogens is 6. The van der Waals surface area contributed by atoms with Crippen LogP contribution in [-0.2, 0) is 12.7 Å². The molecule has 1 aliphatic rings. The van der Waals surface area contributed by atoms with Crippen LogP contribution in [0.15, 0.2) is 54.6 Å². The fourth-order valence-electron chi connectivity index (χ4n) is 4.23. The van der Waals surface area contributed by atoms with E-state index in [1.54, 1.807) is 37.4 Å². The first-order chi connectivity index (χ1) is 16.4. The number of nitrogens with zero attached hydrogens (tertiary/aromatic N) is 2. The van der Waals surface area contributed by atoms with Crippen LogP contribution in [0.2, 0.25) is 0 Å². The summed E-state index contributed by atoms with van der Waals surface area (Å²) in [5.74, 6) is -1.09. The minimum absolute atomic E-state index is 0.0318. The Hall–Kier alpha value is -3.43. The summed E-state index contributed by atoms with van der Waals surface area (Å²) in [4.78, 5) is 15.0. The molecule has 1 amide bonds. The second-order valence-corrected chi connectivity index (χ2v) is 8.49. The Labute approximate surface area is 197 Å². The van der Waals surface area contributed by atoms with Crippen LogP contribution in [0.25, 0.3) is 11.1 Å². The summed E-state index contributed by atoms with van der Waals surface area (Å²) in [5, 5.41) is 0. The van der Waals surface area contributed by atoms with Gasteiger partial charge in [0.25, 0.3) is 5.91 Å². The molecule has 0 aliphatic heterocycles. The van der Waals surface area contributed by atoms with Crippen molar-refractivity contribution in [2.45, 2.75) is 44.9 Å². The quantitative estimate of drug-likeness (QED) is 0.358.